The molecule has 0 bridgehead atoms. The maximum atomic E-state index is 11.8. The molecule has 0 spiro atoms. The number of methoxy groups -OCH3 is 2. The van der Waals surface area contributed by atoms with Gasteiger partial charge in [-0.3, -0.25) is 4.79 Å². The first-order valence-corrected chi connectivity index (χ1v) is 16.2. The van der Waals surface area contributed by atoms with Crippen LogP contribution in [0.15, 0.2) is 42.7 Å². The third-order valence-electron chi connectivity index (χ3n) is 7.82. The predicted octanol–water partition coefficient (Wildman–Crippen LogP) is 6.18. The van der Waals surface area contributed by atoms with Crippen molar-refractivity contribution in [3.05, 3.63) is 42.7 Å². The smallest absolute Gasteiger partial charge is 0.224 e. The number of thiazole rings is 1. The van der Waals surface area contributed by atoms with Gasteiger partial charge in [0, 0.05) is 48.5 Å². The number of aromatic nitrogens is 2. The number of thioether (sulfide) groups is 1. The number of nitrogens with zero attached hydrogens (tertiary/aromatic N) is 4. The Morgan fingerprint density at radius 1 is 1.05 bits per heavy atom. The van der Waals surface area contributed by atoms with Gasteiger partial charge in [0.1, 0.15) is 22.0 Å². The molecule has 3 heterocycles. The second-order valence-corrected chi connectivity index (χ2v) is 12.9. The minimum Gasteiger partial charge on any atom is -0.495 e. The minimum atomic E-state index is -0.478. The first-order chi connectivity index (χ1) is 20.0. The SMILES string of the molecule is COc1cnc(-c2ncc(-c3ccc(N4CCSCC4)cc3)s2)c(OC)c1.N#CC1(NC(=O)C2CCCCC2)CC1. The molecule has 3 fully saturated rings. The first kappa shape index (κ1) is 29.2. The summed E-state index contributed by atoms with van der Waals surface area (Å²) in [6.45, 7) is 2.25. The summed E-state index contributed by atoms with van der Waals surface area (Å²) >= 11 is 3.64. The molecule has 216 valence electrons. The van der Waals surface area contributed by atoms with Gasteiger partial charge in [-0.15, -0.1) is 11.3 Å². The van der Waals surface area contributed by atoms with Crippen LogP contribution in [0.2, 0.25) is 0 Å². The first-order valence-electron chi connectivity index (χ1n) is 14.2. The molecule has 6 rings (SSSR count). The van der Waals surface area contributed by atoms with Crippen LogP contribution in [0.3, 0.4) is 0 Å². The standard InChI is InChI=1S/C20H21N3O2S2.C11H16N2O/c1-24-16-11-17(25-2)19(21-12-16)20-22-13-18(27-20)14-3-5-15(6-4-14)23-7-9-26-10-8-23;12-8-11(6-7-11)13-10(14)9-4-2-1-3-5-9/h3-6,11-13H,7-10H2,1-2H3;9H,1-7H2,(H,13,14). The van der Waals surface area contributed by atoms with Crippen LogP contribution in [0.25, 0.3) is 21.1 Å². The highest BCUT2D eigenvalue weighted by Gasteiger charge is 2.45. The van der Waals surface area contributed by atoms with Gasteiger partial charge in [-0.25, -0.2) is 9.97 Å². The number of hydrogen-bond donors (Lipinski definition) is 1. The molecule has 3 aromatic rings. The van der Waals surface area contributed by atoms with Crippen molar-refractivity contribution in [2.45, 2.75) is 50.5 Å². The summed E-state index contributed by atoms with van der Waals surface area (Å²) < 4.78 is 10.7. The highest BCUT2D eigenvalue weighted by molar-refractivity contribution is 7.99. The lowest BCUT2D eigenvalue weighted by Crippen LogP contribution is -2.40. The summed E-state index contributed by atoms with van der Waals surface area (Å²) in [5.74, 6) is 4.03. The summed E-state index contributed by atoms with van der Waals surface area (Å²) in [5.41, 5.74) is 2.72. The molecule has 0 radical (unpaired) electrons. The van der Waals surface area contributed by atoms with Gasteiger partial charge in [-0.05, 0) is 43.4 Å². The Kier molecular flexibility index (Phi) is 9.68. The van der Waals surface area contributed by atoms with Crippen molar-refractivity contribution < 1.29 is 14.3 Å². The highest BCUT2D eigenvalue weighted by atomic mass is 32.2. The van der Waals surface area contributed by atoms with Crippen molar-refractivity contribution in [2.75, 3.05) is 43.7 Å². The zero-order valence-electron chi connectivity index (χ0n) is 23.7. The third kappa shape index (κ3) is 7.32. The quantitative estimate of drug-likeness (QED) is 0.348. The fourth-order valence-electron chi connectivity index (χ4n) is 5.12. The fourth-order valence-corrected chi connectivity index (χ4v) is 6.95. The van der Waals surface area contributed by atoms with Crippen LogP contribution in [0.4, 0.5) is 5.69 Å². The average molecular weight is 592 g/mol. The summed E-state index contributed by atoms with van der Waals surface area (Å²) in [6, 6.07) is 12.8. The molecule has 1 saturated heterocycles. The molecule has 2 saturated carbocycles. The van der Waals surface area contributed by atoms with Crippen molar-refractivity contribution in [3.63, 3.8) is 0 Å². The Bertz CT molecular complexity index is 1350. The third-order valence-corrected chi connectivity index (χ3v) is 9.82. The topological polar surface area (TPSA) is 100 Å². The van der Waals surface area contributed by atoms with Crippen molar-refractivity contribution in [1.29, 1.82) is 5.26 Å². The van der Waals surface area contributed by atoms with E-state index >= 15 is 0 Å². The number of anilines is 1. The Labute approximate surface area is 250 Å². The van der Waals surface area contributed by atoms with Crippen LogP contribution in [0.1, 0.15) is 44.9 Å². The normalized spacial score (nSPS) is 17.9. The molecular formula is C31H37N5O3S2. The predicted molar refractivity (Wildman–Crippen MR) is 166 cm³/mol. The van der Waals surface area contributed by atoms with Crippen molar-refractivity contribution in [3.8, 4) is 38.7 Å². The van der Waals surface area contributed by atoms with Gasteiger partial charge < -0.3 is 19.7 Å². The Morgan fingerprint density at radius 3 is 2.41 bits per heavy atom. The van der Waals surface area contributed by atoms with E-state index in [-0.39, 0.29) is 11.8 Å². The molecule has 1 amide bonds. The molecule has 1 N–H and O–H groups in total. The molecule has 2 aromatic heterocycles. The largest absolute Gasteiger partial charge is 0.495 e. The van der Waals surface area contributed by atoms with Crippen LogP contribution >= 0.6 is 23.1 Å². The van der Waals surface area contributed by atoms with E-state index in [0.29, 0.717) is 11.5 Å². The van der Waals surface area contributed by atoms with Crippen LogP contribution < -0.4 is 19.7 Å². The van der Waals surface area contributed by atoms with Crippen molar-refractivity contribution >= 4 is 34.7 Å². The molecule has 41 heavy (non-hydrogen) atoms. The van der Waals surface area contributed by atoms with E-state index < -0.39 is 5.54 Å². The number of carbonyl (C=O) groups excluding carboxylic acids is 1. The second-order valence-electron chi connectivity index (χ2n) is 10.6. The number of nitriles is 1. The lowest BCUT2D eigenvalue weighted by molar-refractivity contribution is -0.126. The van der Waals surface area contributed by atoms with E-state index in [1.807, 2.05) is 24.0 Å². The molecule has 3 aliphatic rings. The molecule has 8 nitrogen and oxygen atoms in total. The molecule has 1 aliphatic heterocycles. The van der Waals surface area contributed by atoms with Crippen LogP contribution in [-0.2, 0) is 4.79 Å². The summed E-state index contributed by atoms with van der Waals surface area (Å²) in [5, 5.41) is 12.6. The molecule has 2 aliphatic carbocycles. The summed E-state index contributed by atoms with van der Waals surface area (Å²) in [4.78, 5) is 24.3. The van der Waals surface area contributed by atoms with E-state index in [0.717, 1.165) is 67.2 Å². The number of benzene rings is 1. The van der Waals surface area contributed by atoms with Gasteiger partial charge in [0.15, 0.2) is 5.75 Å². The Balaban J connectivity index is 0.000000202. The number of pyridine rings is 1. The van der Waals surface area contributed by atoms with Crippen LogP contribution in [0.5, 0.6) is 11.5 Å². The molecule has 10 heteroatoms. The Morgan fingerprint density at radius 2 is 1.78 bits per heavy atom. The van der Waals surface area contributed by atoms with E-state index in [9.17, 15) is 4.79 Å². The average Bonchev–Trinajstić information content (AvgIpc) is 3.65. The number of rotatable bonds is 7. The van der Waals surface area contributed by atoms with Gasteiger partial charge in [0.2, 0.25) is 5.91 Å². The lowest BCUT2D eigenvalue weighted by Gasteiger charge is -2.28. The van der Waals surface area contributed by atoms with Gasteiger partial charge in [0.05, 0.1) is 31.4 Å². The fraction of sp³-hybridized carbons (Fsp3) is 0.484. The number of carbonyl (C=O) groups is 1. The van der Waals surface area contributed by atoms with Gasteiger partial charge >= 0.3 is 0 Å². The van der Waals surface area contributed by atoms with Gasteiger partial charge in [0.25, 0.3) is 0 Å². The number of hydrogen-bond acceptors (Lipinski definition) is 9. The van der Waals surface area contributed by atoms with E-state index in [2.05, 4.69) is 50.5 Å². The van der Waals surface area contributed by atoms with E-state index in [4.69, 9.17) is 14.7 Å². The summed E-state index contributed by atoms with van der Waals surface area (Å²) in [7, 11) is 3.25. The number of ether oxygens (including phenoxy) is 2. The monoisotopic (exact) mass is 591 g/mol. The number of amides is 1. The van der Waals surface area contributed by atoms with Crippen LogP contribution in [0, 0.1) is 17.2 Å². The second kappa shape index (κ2) is 13.6. The minimum absolute atomic E-state index is 0.115. The molecular weight excluding hydrogens is 555 g/mol. The maximum Gasteiger partial charge on any atom is 0.224 e. The summed E-state index contributed by atoms with van der Waals surface area (Å²) in [6.07, 6.45) is 10.9. The zero-order chi connectivity index (χ0) is 28.7. The zero-order valence-corrected chi connectivity index (χ0v) is 25.4. The van der Waals surface area contributed by atoms with E-state index in [1.165, 1.54) is 29.2 Å². The number of nitrogens with one attached hydrogen (secondary N) is 1. The van der Waals surface area contributed by atoms with Crippen LogP contribution in [-0.4, -0.2) is 60.2 Å². The van der Waals surface area contributed by atoms with E-state index in [1.54, 1.807) is 31.8 Å². The van der Waals surface area contributed by atoms with Gasteiger partial charge in [-0.1, -0.05) is 31.4 Å². The molecule has 0 atom stereocenters. The van der Waals surface area contributed by atoms with Gasteiger partial charge in [-0.2, -0.15) is 17.0 Å². The Hall–Kier alpha value is -3.29. The van der Waals surface area contributed by atoms with Crippen molar-refractivity contribution in [1.82, 2.24) is 15.3 Å². The maximum absolute atomic E-state index is 11.8. The highest BCUT2D eigenvalue weighted by Crippen LogP contribution is 2.37. The lowest BCUT2D eigenvalue weighted by atomic mass is 9.88. The molecule has 1 aromatic carbocycles. The van der Waals surface area contributed by atoms with Crippen molar-refractivity contribution in [2.24, 2.45) is 5.92 Å². The molecule has 0 unspecified atom stereocenters.